The molecule has 7 nitrogen and oxygen atoms in total. The number of nitrogens with zero attached hydrogens (tertiary/aromatic N) is 1. The van der Waals surface area contributed by atoms with Crippen LogP contribution in [0.25, 0.3) is 11.1 Å². The molecular weight excluding hydrogens is 224 g/mol. The number of nitrogens with one attached hydrogen (secondary N) is 1. The van der Waals surface area contributed by atoms with Gasteiger partial charge in [-0.1, -0.05) is 0 Å². The number of oxazole rings is 1. The maximum Gasteiger partial charge on any atom is 0.404 e. The average Bonchev–Trinajstić information content (AvgIpc) is 2.66. The highest BCUT2D eigenvalue weighted by Crippen LogP contribution is 2.20. The van der Waals surface area contributed by atoms with Gasteiger partial charge in [0.1, 0.15) is 12.1 Å². The second kappa shape index (κ2) is 4.60. The van der Waals surface area contributed by atoms with Crippen molar-refractivity contribution in [1.82, 2.24) is 4.98 Å². The minimum Gasteiger partial charge on any atom is -0.448 e. The maximum absolute atomic E-state index is 10.3. The highest BCUT2D eigenvalue weighted by atomic mass is 16.5. The molecule has 7 heteroatoms. The van der Waals surface area contributed by atoms with E-state index in [-0.39, 0.29) is 6.61 Å². The molecule has 0 radical (unpaired) electrons. The number of hydrogen-bond donors (Lipinski definition) is 3. The van der Waals surface area contributed by atoms with Gasteiger partial charge in [-0.25, -0.2) is 4.79 Å². The molecule has 1 aromatic heterocycles. The average molecular weight is 236 g/mol. The van der Waals surface area contributed by atoms with Crippen LogP contribution in [0.5, 0.6) is 0 Å². The van der Waals surface area contributed by atoms with Crippen molar-refractivity contribution in [2.75, 3.05) is 24.2 Å². The molecule has 0 saturated heterocycles. The van der Waals surface area contributed by atoms with Gasteiger partial charge in [0.2, 0.25) is 0 Å². The van der Waals surface area contributed by atoms with E-state index in [4.69, 9.17) is 15.9 Å². The van der Waals surface area contributed by atoms with Gasteiger partial charge in [0.15, 0.2) is 5.58 Å². The van der Waals surface area contributed by atoms with Crippen LogP contribution in [-0.4, -0.2) is 24.2 Å². The number of hydrogen-bond acceptors (Lipinski definition) is 6. The Bertz CT molecular complexity index is 537. The SMILES string of the molecule is NC(=O)OCCNc1nc2ccc(N)cc2o1. The number of fused-ring (bicyclic) bond motifs is 1. The van der Waals surface area contributed by atoms with Gasteiger partial charge in [-0.2, -0.15) is 4.98 Å². The van der Waals surface area contributed by atoms with Crippen molar-refractivity contribution >= 4 is 28.9 Å². The molecule has 2 rings (SSSR count). The topological polar surface area (TPSA) is 116 Å². The van der Waals surface area contributed by atoms with E-state index < -0.39 is 6.09 Å². The van der Waals surface area contributed by atoms with Crippen LogP contribution >= 0.6 is 0 Å². The fraction of sp³-hybridized carbons (Fsp3) is 0.200. The summed E-state index contributed by atoms with van der Waals surface area (Å²) in [6.07, 6.45) is -0.808. The van der Waals surface area contributed by atoms with E-state index in [0.29, 0.717) is 29.3 Å². The van der Waals surface area contributed by atoms with Gasteiger partial charge in [0, 0.05) is 11.8 Å². The molecule has 1 heterocycles. The molecule has 1 amide bonds. The minimum atomic E-state index is -0.808. The summed E-state index contributed by atoms with van der Waals surface area (Å²) in [5, 5.41) is 2.86. The number of carbonyl (C=O) groups excluding carboxylic acids is 1. The quantitative estimate of drug-likeness (QED) is 0.536. The molecule has 0 fully saturated rings. The lowest BCUT2D eigenvalue weighted by atomic mass is 10.3. The van der Waals surface area contributed by atoms with Crippen molar-refractivity contribution in [3.8, 4) is 0 Å². The van der Waals surface area contributed by atoms with Crippen LogP contribution in [0.15, 0.2) is 22.6 Å². The van der Waals surface area contributed by atoms with Gasteiger partial charge >= 0.3 is 6.09 Å². The fourth-order valence-electron chi connectivity index (χ4n) is 1.33. The Kier molecular flexibility index (Phi) is 2.99. The Balaban J connectivity index is 1.97. The van der Waals surface area contributed by atoms with E-state index in [2.05, 4.69) is 15.0 Å². The van der Waals surface area contributed by atoms with Crippen molar-refractivity contribution in [3.05, 3.63) is 18.2 Å². The number of nitrogens with two attached hydrogens (primary N) is 2. The summed E-state index contributed by atoms with van der Waals surface area (Å²) in [5.74, 6) is 0. The lowest BCUT2D eigenvalue weighted by Gasteiger charge is -2.00. The molecular formula is C10H12N4O3. The van der Waals surface area contributed by atoms with Crippen molar-refractivity contribution < 1.29 is 13.9 Å². The fourth-order valence-corrected chi connectivity index (χ4v) is 1.33. The number of rotatable bonds is 4. The van der Waals surface area contributed by atoms with Gasteiger partial charge in [-0.15, -0.1) is 0 Å². The molecule has 2 aromatic rings. The van der Waals surface area contributed by atoms with E-state index in [1.54, 1.807) is 18.2 Å². The third kappa shape index (κ3) is 2.77. The van der Waals surface area contributed by atoms with E-state index >= 15 is 0 Å². The summed E-state index contributed by atoms with van der Waals surface area (Å²) >= 11 is 0. The molecule has 0 bridgehead atoms. The number of benzene rings is 1. The van der Waals surface area contributed by atoms with Crippen molar-refractivity contribution in [2.24, 2.45) is 5.73 Å². The zero-order valence-electron chi connectivity index (χ0n) is 8.97. The Morgan fingerprint density at radius 3 is 3.12 bits per heavy atom. The molecule has 0 atom stereocenters. The Hall–Kier alpha value is -2.44. The van der Waals surface area contributed by atoms with Gasteiger partial charge in [0.25, 0.3) is 6.01 Å². The standard InChI is InChI=1S/C10H12N4O3/c11-6-1-2-7-8(5-6)17-10(14-7)13-3-4-16-9(12)15/h1-2,5H,3-4,11H2,(H2,12,15)(H,13,14). The zero-order chi connectivity index (χ0) is 12.3. The molecule has 0 unspecified atom stereocenters. The number of anilines is 2. The first-order chi connectivity index (χ1) is 8.15. The largest absolute Gasteiger partial charge is 0.448 e. The van der Waals surface area contributed by atoms with Gasteiger partial charge in [-0.3, -0.25) is 0 Å². The normalized spacial score (nSPS) is 10.4. The van der Waals surface area contributed by atoms with E-state index in [1.165, 1.54) is 0 Å². The van der Waals surface area contributed by atoms with Crippen LogP contribution in [0.2, 0.25) is 0 Å². The predicted molar refractivity (Wildman–Crippen MR) is 62.4 cm³/mol. The maximum atomic E-state index is 10.3. The number of carbonyl (C=O) groups is 1. The van der Waals surface area contributed by atoms with E-state index in [9.17, 15) is 4.79 Å². The van der Waals surface area contributed by atoms with Crippen LogP contribution in [0, 0.1) is 0 Å². The highest BCUT2D eigenvalue weighted by molar-refractivity contribution is 5.78. The predicted octanol–water partition coefficient (Wildman–Crippen LogP) is 0.917. The first kappa shape index (κ1) is 11.1. The first-order valence-electron chi connectivity index (χ1n) is 4.97. The number of nitrogen functional groups attached to an aromatic ring is 1. The second-order valence-corrected chi connectivity index (χ2v) is 3.34. The highest BCUT2D eigenvalue weighted by Gasteiger charge is 2.05. The van der Waals surface area contributed by atoms with Gasteiger partial charge in [-0.05, 0) is 12.1 Å². The van der Waals surface area contributed by atoms with Crippen LogP contribution < -0.4 is 16.8 Å². The van der Waals surface area contributed by atoms with Crippen LogP contribution in [0.4, 0.5) is 16.5 Å². The lowest BCUT2D eigenvalue weighted by molar-refractivity contribution is 0.161. The number of primary amides is 1. The van der Waals surface area contributed by atoms with E-state index in [1.807, 2.05) is 0 Å². The third-order valence-corrected chi connectivity index (χ3v) is 2.04. The molecule has 0 spiro atoms. The Morgan fingerprint density at radius 1 is 1.53 bits per heavy atom. The van der Waals surface area contributed by atoms with Crippen LogP contribution in [-0.2, 0) is 4.74 Å². The van der Waals surface area contributed by atoms with Crippen molar-refractivity contribution in [2.45, 2.75) is 0 Å². The summed E-state index contributed by atoms with van der Waals surface area (Å²) in [5.41, 5.74) is 12.3. The molecule has 1 aromatic carbocycles. The summed E-state index contributed by atoms with van der Waals surface area (Å²) in [4.78, 5) is 14.5. The van der Waals surface area contributed by atoms with E-state index in [0.717, 1.165) is 0 Å². The molecule has 0 aliphatic rings. The van der Waals surface area contributed by atoms with Crippen molar-refractivity contribution in [1.29, 1.82) is 0 Å². The zero-order valence-corrected chi connectivity index (χ0v) is 8.97. The summed E-state index contributed by atoms with van der Waals surface area (Å²) in [6, 6.07) is 5.54. The Labute approximate surface area is 96.7 Å². The Morgan fingerprint density at radius 2 is 2.35 bits per heavy atom. The lowest BCUT2D eigenvalue weighted by Crippen LogP contribution is -2.18. The smallest absolute Gasteiger partial charge is 0.404 e. The second-order valence-electron chi connectivity index (χ2n) is 3.34. The van der Waals surface area contributed by atoms with Gasteiger partial charge < -0.3 is 25.9 Å². The third-order valence-electron chi connectivity index (χ3n) is 2.04. The summed E-state index contributed by atoms with van der Waals surface area (Å²) in [6.45, 7) is 0.515. The number of ether oxygens (including phenoxy) is 1. The molecule has 17 heavy (non-hydrogen) atoms. The number of aromatic nitrogens is 1. The summed E-state index contributed by atoms with van der Waals surface area (Å²) < 4.78 is 9.93. The summed E-state index contributed by atoms with van der Waals surface area (Å²) in [7, 11) is 0. The molecule has 0 aliphatic carbocycles. The van der Waals surface area contributed by atoms with Crippen LogP contribution in [0.3, 0.4) is 0 Å². The first-order valence-corrected chi connectivity index (χ1v) is 4.97. The number of amides is 1. The molecule has 90 valence electrons. The van der Waals surface area contributed by atoms with Crippen LogP contribution in [0.1, 0.15) is 0 Å². The molecule has 5 N–H and O–H groups in total. The minimum absolute atomic E-state index is 0.149. The molecule has 0 aliphatic heterocycles. The molecule has 0 saturated carbocycles. The van der Waals surface area contributed by atoms with Gasteiger partial charge in [0.05, 0.1) is 6.54 Å². The monoisotopic (exact) mass is 236 g/mol. The van der Waals surface area contributed by atoms with Crippen molar-refractivity contribution in [3.63, 3.8) is 0 Å².